The van der Waals surface area contributed by atoms with Crippen LogP contribution in [0.4, 0.5) is 0 Å². The Bertz CT molecular complexity index is 664. The van der Waals surface area contributed by atoms with E-state index in [1.54, 1.807) is 6.33 Å². The highest BCUT2D eigenvalue weighted by atomic mass is 35.5. The first-order valence-electron chi connectivity index (χ1n) is 7.21. The van der Waals surface area contributed by atoms with Crippen LogP contribution in [-0.4, -0.2) is 31.9 Å². The summed E-state index contributed by atoms with van der Waals surface area (Å²) < 4.78 is 7.54. The lowest BCUT2D eigenvalue weighted by Gasteiger charge is -2.11. The number of halogens is 1. The van der Waals surface area contributed by atoms with Crippen LogP contribution in [0.3, 0.4) is 0 Å². The number of hydrogen-bond acceptors (Lipinski definition) is 5. The van der Waals surface area contributed by atoms with E-state index < -0.39 is 0 Å². The molecule has 0 aliphatic carbocycles. The minimum absolute atomic E-state index is 0.0554. The van der Waals surface area contributed by atoms with Crippen molar-refractivity contribution >= 4 is 28.5 Å². The van der Waals surface area contributed by atoms with E-state index in [4.69, 9.17) is 16.3 Å². The topological polar surface area (TPSA) is 69.9 Å². The Hall–Kier alpha value is -1.53. The molecule has 3 rings (SSSR count). The minimum Gasteiger partial charge on any atom is -0.358 e. The Labute approximate surface area is 127 Å². The van der Waals surface area contributed by atoms with E-state index in [-0.39, 0.29) is 23.6 Å². The van der Waals surface area contributed by atoms with Gasteiger partial charge in [-0.15, -0.1) is 0 Å². The predicted octanol–water partition coefficient (Wildman–Crippen LogP) is 2.70. The Morgan fingerprint density at radius 2 is 2.38 bits per heavy atom. The molecule has 1 fully saturated rings. The van der Waals surface area contributed by atoms with Crippen LogP contribution in [0, 0.1) is 0 Å². The molecular weight excluding hydrogens is 292 g/mol. The van der Waals surface area contributed by atoms with Crippen LogP contribution < -0.4 is 0 Å². The van der Waals surface area contributed by atoms with Gasteiger partial charge < -0.3 is 4.74 Å². The standard InChI is InChI=1S/C14H17ClN4O2/c1-2-4-9(20)7-10-17-13(15)12-14(18-10)19(8-16-12)11-5-3-6-21-11/h8,11H,2-7H2,1H3. The quantitative estimate of drug-likeness (QED) is 0.794. The number of hydrogen-bond donors (Lipinski definition) is 0. The van der Waals surface area contributed by atoms with Crippen LogP contribution in [0.25, 0.3) is 11.2 Å². The largest absolute Gasteiger partial charge is 0.358 e. The highest BCUT2D eigenvalue weighted by Gasteiger charge is 2.22. The van der Waals surface area contributed by atoms with Crippen molar-refractivity contribution in [1.29, 1.82) is 0 Å². The number of ether oxygens (including phenoxy) is 1. The Balaban J connectivity index is 1.96. The first-order chi connectivity index (χ1) is 10.2. The molecule has 0 radical (unpaired) electrons. The normalized spacial score (nSPS) is 18.5. The molecule has 2 aromatic heterocycles. The number of nitrogens with zero attached hydrogens (tertiary/aromatic N) is 4. The van der Waals surface area contributed by atoms with Gasteiger partial charge >= 0.3 is 0 Å². The third-order valence-electron chi connectivity index (χ3n) is 3.53. The van der Waals surface area contributed by atoms with Gasteiger partial charge in [-0.05, 0) is 19.3 Å². The fourth-order valence-electron chi connectivity index (χ4n) is 2.54. The molecule has 2 aromatic rings. The summed E-state index contributed by atoms with van der Waals surface area (Å²) in [5.74, 6) is 0.571. The summed E-state index contributed by atoms with van der Waals surface area (Å²) in [6.45, 7) is 2.71. The van der Waals surface area contributed by atoms with Crippen LogP contribution in [-0.2, 0) is 16.0 Å². The molecule has 1 saturated heterocycles. The summed E-state index contributed by atoms with van der Waals surface area (Å²) in [5.41, 5.74) is 1.19. The molecule has 7 heteroatoms. The number of Topliss-reactive ketones (excluding diaryl/α,β-unsaturated/α-hetero) is 1. The van der Waals surface area contributed by atoms with Crippen LogP contribution in [0.15, 0.2) is 6.33 Å². The molecule has 0 N–H and O–H groups in total. The second kappa shape index (κ2) is 6.07. The molecule has 0 aromatic carbocycles. The van der Waals surface area contributed by atoms with Crippen molar-refractivity contribution in [2.75, 3.05) is 6.61 Å². The molecular formula is C14H17ClN4O2. The Kier molecular flexibility index (Phi) is 4.17. The lowest BCUT2D eigenvalue weighted by molar-refractivity contribution is -0.118. The van der Waals surface area contributed by atoms with Crippen LogP contribution in [0.5, 0.6) is 0 Å². The lowest BCUT2D eigenvalue weighted by atomic mass is 10.2. The van der Waals surface area contributed by atoms with Gasteiger partial charge in [-0.25, -0.2) is 15.0 Å². The number of carbonyl (C=O) groups is 1. The van der Waals surface area contributed by atoms with Gasteiger partial charge in [0, 0.05) is 13.0 Å². The third-order valence-corrected chi connectivity index (χ3v) is 3.79. The zero-order valence-corrected chi connectivity index (χ0v) is 12.6. The maximum atomic E-state index is 11.8. The highest BCUT2D eigenvalue weighted by Crippen LogP contribution is 2.28. The second-order valence-electron chi connectivity index (χ2n) is 5.19. The summed E-state index contributed by atoms with van der Waals surface area (Å²) in [4.78, 5) is 24.7. The van der Waals surface area contributed by atoms with E-state index in [2.05, 4.69) is 15.0 Å². The van der Waals surface area contributed by atoms with Gasteiger partial charge in [-0.2, -0.15) is 0 Å². The fourth-order valence-corrected chi connectivity index (χ4v) is 2.77. The number of carbonyl (C=O) groups excluding carboxylic acids is 1. The van der Waals surface area contributed by atoms with E-state index >= 15 is 0 Å². The van der Waals surface area contributed by atoms with Gasteiger partial charge in [-0.3, -0.25) is 9.36 Å². The molecule has 1 aliphatic rings. The maximum absolute atomic E-state index is 11.8. The van der Waals surface area contributed by atoms with Crippen molar-refractivity contribution in [2.45, 2.75) is 45.3 Å². The minimum atomic E-state index is -0.0554. The summed E-state index contributed by atoms with van der Waals surface area (Å²) in [6, 6.07) is 0. The Morgan fingerprint density at radius 1 is 1.52 bits per heavy atom. The molecule has 6 nitrogen and oxygen atoms in total. The molecule has 0 amide bonds. The first kappa shape index (κ1) is 14.4. The lowest BCUT2D eigenvalue weighted by Crippen LogP contribution is -2.10. The second-order valence-corrected chi connectivity index (χ2v) is 5.55. The molecule has 0 saturated carbocycles. The van der Waals surface area contributed by atoms with Gasteiger partial charge in [0.1, 0.15) is 23.4 Å². The molecule has 1 atom stereocenters. The summed E-state index contributed by atoms with van der Waals surface area (Å²) >= 11 is 6.16. The summed E-state index contributed by atoms with van der Waals surface area (Å²) in [6.07, 6.45) is 5.13. The molecule has 3 heterocycles. The molecule has 0 spiro atoms. The van der Waals surface area contributed by atoms with Gasteiger partial charge in [0.25, 0.3) is 0 Å². The summed E-state index contributed by atoms with van der Waals surface area (Å²) in [7, 11) is 0. The van der Waals surface area contributed by atoms with Crippen molar-refractivity contribution in [2.24, 2.45) is 0 Å². The number of rotatable bonds is 5. The van der Waals surface area contributed by atoms with E-state index in [0.717, 1.165) is 25.9 Å². The average Bonchev–Trinajstić information content (AvgIpc) is 3.06. The van der Waals surface area contributed by atoms with Crippen LogP contribution in [0.2, 0.25) is 5.15 Å². The Morgan fingerprint density at radius 3 is 3.10 bits per heavy atom. The number of fused-ring (bicyclic) bond motifs is 1. The van der Waals surface area contributed by atoms with Gasteiger partial charge in [0.15, 0.2) is 10.8 Å². The van der Waals surface area contributed by atoms with Crippen molar-refractivity contribution in [3.63, 3.8) is 0 Å². The van der Waals surface area contributed by atoms with E-state index in [9.17, 15) is 4.79 Å². The average molecular weight is 309 g/mol. The van der Waals surface area contributed by atoms with Gasteiger partial charge in [-0.1, -0.05) is 18.5 Å². The van der Waals surface area contributed by atoms with Gasteiger partial charge in [0.05, 0.1) is 12.7 Å². The van der Waals surface area contributed by atoms with E-state index in [1.807, 2.05) is 11.5 Å². The zero-order valence-electron chi connectivity index (χ0n) is 11.9. The van der Waals surface area contributed by atoms with E-state index in [1.165, 1.54) is 0 Å². The SMILES string of the molecule is CCCC(=O)Cc1nc(Cl)c2ncn(C3CCCO3)c2n1. The maximum Gasteiger partial charge on any atom is 0.167 e. The molecule has 1 unspecified atom stereocenters. The monoisotopic (exact) mass is 308 g/mol. The first-order valence-corrected chi connectivity index (χ1v) is 7.59. The summed E-state index contributed by atoms with van der Waals surface area (Å²) in [5, 5.41) is 0.288. The van der Waals surface area contributed by atoms with Crippen molar-refractivity contribution < 1.29 is 9.53 Å². The zero-order chi connectivity index (χ0) is 14.8. The van der Waals surface area contributed by atoms with Crippen LogP contribution in [0.1, 0.15) is 44.7 Å². The molecule has 112 valence electrons. The smallest absolute Gasteiger partial charge is 0.167 e. The van der Waals surface area contributed by atoms with E-state index in [0.29, 0.717) is 23.4 Å². The highest BCUT2D eigenvalue weighted by molar-refractivity contribution is 6.33. The molecule has 21 heavy (non-hydrogen) atoms. The number of imidazole rings is 1. The molecule has 0 bridgehead atoms. The van der Waals surface area contributed by atoms with Crippen LogP contribution >= 0.6 is 11.6 Å². The predicted molar refractivity (Wildman–Crippen MR) is 78.2 cm³/mol. The number of aromatic nitrogens is 4. The van der Waals surface area contributed by atoms with Gasteiger partial charge in [0.2, 0.25) is 0 Å². The van der Waals surface area contributed by atoms with Crippen molar-refractivity contribution in [1.82, 2.24) is 19.5 Å². The molecule has 1 aliphatic heterocycles. The van der Waals surface area contributed by atoms with Crippen molar-refractivity contribution in [3.8, 4) is 0 Å². The third kappa shape index (κ3) is 2.91. The van der Waals surface area contributed by atoms with Crippen molar-refractivity contribution in [3.05, 3.63) is 17.3 Å². The fraction of sp³-hybridized carbons (Fsp3) is 0.571. The number of ketones is 1.